The maximum atomic E-state index is 12.7. The molecule has 118 valence electrons. The minimum absolute atomic E-state index is 0.0654. The molecule has 0 bridgehead atoms. The highest BCUT2D eigenvalue weighted by Gasteiger charge is 2.33. The molecule has 0 saturated carbocycles. The van der Waals surface area contributed by atoms with Crippen molar-refractivity contribution in [1.82, 2.24) is 10.2 Å². The van der Waals surface area contributed by atoms with Crippen LogP contribution in [0.15, 0.2) is 35.4 Å². The lowest BCUT2D eigenvalue weighted by Gasteiger charge is -2.11. The van der Waals surface area contributed by atoms with Crippen LogP contribution in [0.1, 0.15) is 15.9 Å². The van der Waals surface area contributed by atoms with E-state index in [2.05, 4.69) is 10.2 Å². The maximum absolute atomic E-state index is 12.7. The first-order valence-corrected chi connectivity index (χ1v) is 7.61. The van der Waals surface area contributed by atoms with Gasteiger partial charge in [-0.15, -0.1) is 0 Å². The zero-order chi connectivity index (χ0) is 16.5. The number of alkyl halides is 3. The summed E-state index contributed by atoms with van der Waals surface area (Å²) in [6.07, 6.45) is -2.74. The first-order chi connectivity index (χ1) is 10.1. The molecule has 1 N–H and O–H groups in total. The second-order valence-electron chi connectivity index (χ2n) is 4.29. The van der Waals surface area contributed by atoms with Crippen LogP contribution in [0.4, 0.5) is 13.2 Å². The molecule has 0 radical (unpaired) electrons. The molecule has 22 heavy (non-hydrogen) atoms. The van der Waals surface area contributed by atoms with E-state index in [0.717, 1.165) is 6.07 Å². The molecular formula is C12H9F3N2O4S. The molecule has 0 saturated heterocycles. The number of hydrogen-bond donors (Lipinski definition) is 1. The van der Waals surface area contributed by atoms with Crippen molar-refractivity contribution >= 4 is 15.8 Å². The van der Waals surface area contributed by atoms with Crippen LogP contribution >= 0.6 is 0 Å². The molecular weight excluding hydrogens is 325 g/mol. The summed E-state index contributed by atoms with van der Waals surface area (Å²) >= 11 is 0. The van der Waals surface area contributed by atoms with Crippen LogP contribution in [-0.2, 0) is 16.0 Å². The van der Waals surface area contributed by atoms with Gasteiger partial charge < -0.3 is 4.74 Å². The number of H-pyrrole nitrogens is 1. The number of carbonyl (C=O) groups excluding carboxylic acids is 1. The SMILES string of the molecule is CS(=O)(=O)c1cc(C(F)(F)F)ccc1C(=O)Oc1ccn[nH]1. The summed E-state index contributed by atoms with van der Waals surface area (Å²) in [4.78, 5) is 11.2. The van der Waals surface area contributed by atoms with E-state index in [0.29, 0.717) is 18.4 Å². The lowest BCUT2D eigenvalue weighted by molar-refractivity contribution is -0.137. The summed E-state index contributed by atoms with van der Waals surface area (Å²) < 4.78 is 66.1. The number of benzene rings is 1. The average molecular weight is 334 g/mol. The van der Waals surface area contributed by atoms with Gasteiger partial charge in [-0.1, -0.05) is 0 Å². The van der Waals surface area contributed by atoms with Crippen molar-refractivity contribution in [1.29, 1.82) is 0 Å². The number of aromatic amines is 1. The van der Waals surface area contributed by atoms with E-state index in [1.165, 1.54) is 12.3 Å². The molecule has 0 aliphatic heterocycles. The van der Waals surface area contributed by atoms with Gasteiger partial charge in [0.05, 0.1) is 22.2 Å². The number of rotatable bonds is 3. The van der Waals surface area contributed by atoms with Crippen LogP contribution < -0.4 is 4.74 Å². The second kappa shape index (κ2) is 5.44. The summed E-state index contributed by atoms with van der Waals surface area (Å²) in [5.74, 6) is -1.18. The molecule has 10 heteroatoms. The van der Waals surface area contributed by atoms with E-state index >= 15 is 0 Å². The summed E-state index contributed by atoms with van der Waals surface area (Å²) in [5.41, 5.74) is -1.67. The largest absolute Gasteiger partial charge is 0.416 e. The van der Waals surface area contributed by atoms with Crippen molar-refractivity contribution in [3.63, 3.8) is 0 Å². The second-order valence-corrected chi connectivity index (χ2v) is 6.28. The Labute approximate surface area is 122 Å². The van der Waals surface area contributed by atoms with Crippen LogP contribution in [0.2, 0.25) is 0 Å². The van der Waals surface area contributed by atoms with E-state index in [-0.39, 0.29) is 5.88 Å². The van der Waals surface area contributed by atoms with E-state index in [1.54, 1.807) is 0 Å². The van der Waals surface area contributed by atoms with Gasteiger partial charge in [0.25, 0.3) is 0 Å². The number of halogens is 3. The van der Waals surface area contributed by atoms with Gasteiger partial charge in [-0.25, -0.2) is 18.3 Å². The molecule has 0 aliphatic rings. The molecule has 1 aromatic heterocycles. The topological polar surface area (TPSA) is 89.1 Å². The number of esters is 1. The Morgan fingerprint density at radius 2 is 1.95 bits per heavy atom. The fourth-order valence-electron chi connectivity index (χ4n) is 1.63. The van der Waals surface area contributed by atoms with Crippen molar-refractivity contribution in [3.8, 4) is 5.88 Å². The molecule has 6 nitrogen and oxygen atoms in total. The van der Waals surface area contributed by atoms with Gasteiger partial charge >= 0.3 is 12.1 Å². The highest BCUT2D eigenvalue weighted by atomic mass is 32.2. The van der Waals surface area contributed by atoms with Crippen LogP contribution in [0.5, 0.6) is 5.88 Å². The number of carbonyl (C=O) groups is 1. The number of hydrogen-bond acceptors (Lipinski definition) is 5. The summed E-state index contributed by atoms with van der Waals surface area (Å²) in [5, 5.41) is 5.83. The van der Waals surface area contributed by atoms with Crippen molar-refractivity contribution < 1.29 is 31.1 Å². The Morgan fingerprint density at radius 1 is 1.27 bits per heavy atom. The number of sulfone groups is 1. The lowest BCUT2D eigenvalue weighted by atomic mass is 10.1. The third-order valence-electron chi connectivity index (χ3n) is 2.61. The number of nitrogens with one attached hydrogen (secondary N) is 1. The Bertz CT molecular complexity index is 798. The lowest BCUT2D eigenvalue weighted by Crippen LogP contribution is -2.16. The molecule has 0 spiro atoms. The summed E-state index contributed by atoms with van der Waals surface area (Å²) in [7, 11) is -4.07. The van der Waals surface area contributed by atoms with Crippen molar-refractivity contribution in [3.05, 3.63) is 41.6 Å². The van der Waals surface area contributed by atoms with Crippen LogP contribution in [-0.4, -0.2) is 30.8 Å². The van der Waals surface area contributed by atoms with Crippen molar-refractivity contribution in [2.45, 2.75) is 11.1 Å². The molecule has 0 aliphatic carbocycles. The van der Waals surface area contributed by atoms with Gasteiger partial charge in [0.2, 0.25) is 5.88 Å². The molecule has 0 unspecified atom stereocenters. The normalized spacial score (nSPS) is 12.2. The Kier molecular flexibility index (Phi) is 3.96. The van der Waals surface area contributed by atoms with E-state index in [9.17, 15) is 26.4 Å². The predicted octanol–water partition coefficient (Wildman–Crippen LogP) is 2.05. The van der Waals surface area contributed by atoms with E-state index in [1.807, 2.05) is 0 Å². The van der Waals surface area contributed by atoms with Crippen molar-refractivity contribution in [2.24, 2.45) is 0 Å². The summed E-state index contributed by atoms with van der Waals surface area (Å²) in [6.45, 7) is 0. The minimum Gasteiger partial charge on any atom is -0.404 e. The van der Waals surface area contributed by atoms with Gasteiger partial charge in [-0.3, -0.25) is 0 Å². The number of nitrogens with zero attached hydrogens (tertiary/aromatic N) is 1. The van der Waals surface area contributed by atoms with Gasteiger partial charge in [0.15, 0.2) is 9.84 Å². The average Bonchev–Trinajstić information content (AvgIpc) is 2.88. The molecule has 1 heterocycles. The predicted molar refractivity (Wildman–Crippen MR) is 68.1 cm³/mol. The van der Waals surface area contributed by atoms with Gasteiger partial charge in [-0.2, -0.15) is 18.3 Å². The molecule has 1 aromatic carbocycles. The third-order valence-corrected chi connectivity index (χ3v) is 3.74. The minimum atomic E-state index is -4.73. The molecule has 2 aromatic rings. The standard InChI is InChI=1S/C12H9F3N2O4S/c1-22(19,20)9-6-7(12(13,14)15)2-3-8(9)11(18)21-10-4-5-16-17-10/h2-6H,1H3,(H,16,17). The van der Waals surface area contributed by atoms with Gasteiger partial charge in [0.1, 0.15) is 0 Å². The highest BCUT2D eigenvalue weighted by molar-refractivity contribution is 7.90. The molecule has 0 fully saturated rings. The Morgan fingerprint density at radius 3 is 2.45 bits per heavy atom. The van der Waals surface area contributed by atoms with Gasteiger partial charge in [0, 0.05) is 12.3 Å². The van der Waals surface area contributed by atoms with Crippen LogP contribution in [0.25, 0.3) is 0 Å². The van der Waals surface area contributed by atoms with E-state index < -0.39 is 38.0 Å². The fraction of sp³-hybridized carbons (Fsp3) is 0.167. The van der Waals surface area contributed by atoms with Gasteiger partial charge in [-0.05, 0) is 18.2 Å². The first kappa shape index (κ1) is 16.0. The molecule has 2 rings (SSSR count). The first-order valence-electron chi connectivity index (χ1n) is 5.72. The maximum Gasteiger partial charge on any atom is 0.416 e. The third kappa shape index (κ3) is 3.45. The number of ether oxygens (including phenoxy) is 1. The zero-order valence-electron chi connectivity index (χ0n) is 11.0. The zero-order valence-corrected chi connectivity index (χ0v) is 11.8. The Balaban J connectivity index is 2.49. The number of aromatic nitrogens is 2. The highest BCUT2D eigenvalue weighted by Crippen LogP contribution is 2.32. The monoisotopic (exact) mass is 334 g/mol. The van der Waals surface area contributed by atoms with Crippen LogP contribution in [0, 0.1) is 0 Å². The summed E-state index contributed by atoms with van der Waals surface area (Å²) in [6, 6.07) is 3.07. The van der Waals surface area contributed by atoms with E-state index in [4.69, 9.17) is 4.74 Å². The molecule has 0 amide bonds. The smallest absolute Gasteiger partial charge is 0.404 e. The fourth-order valence-corrected chi connectivity index (χ4v) is 2.52. The Hall–Kier alpha value is -2.36. The molecule has 0 atom stereocenters. The van der Waals surface area contributed by atoms with Crippen molar-refractivity contribution in [2.75, 3.05) is 6.26 Å². The quantitative estimate of drug-likeness (QED) is 0.868. The van der Waals surface area contributed by atoms with Crippen LogP contribution in [0.3, 0.4) is 0 Å².